The summed E-state index contributed by atoms with van der Waals surface area (Å²) in [4.78, 5) is 22.2. The second-order valence-corrected chi connectivity index (χ2v) is 14.3. The van der Waals surface area contributed by atoms with E-state index in [4.69, 9.17) is 39.3 Å². The molecule has 5 N–H and O–H groups in total. The number of carbonyl (C=O) groups excluding carboxylic acids is 1. The number of anilines is 2. The first kappa shape index (κ1) is 42.0. The Kier molecular flexibility index (Phi) is 17.3. The third-order valence-corrected chi connectivity index (χ3v) is 10.1. The van der Waals surface area contributed by atoms with Gasteiger partial charge in [0.1, 0.15) is 0 Å². The van der Waals surface area contributed by atoms with Crippen LogP contribution in [0.3, 0.4) is 0 Å². The Morgan fingerprint density at radius 3 is 1.72 bits per heavy atom. The van der Waals surface area contributed by atoms with Crippen LogP contribution in [0.5, 0.6) is 23.0 Å². The molecule has 12 nitrogen and oxygen atoms in total. The fourth-order valence-electron chi connectivity index (χ4n) is 6.96. The summed E-state index contributed by atoms with van der Waals surface area (Å²) >= 11 is 0. The van der Waals surface area contributed by atoms with E-state index in [9.17, 15) is 9.59 Å². The average Bonchev–Trinajstić information content (AvgIpc) is 4.02. The number of carboxylic acids is 1. The largest absolute Gasteiger partial charge is 0.479 e. The van der Waals surface area contributed by atoms with Crippen molar-refractivity contribution in [3.63, 3.8) is 0 Å². The van der Waals surface area contributed by atoms with Crippen LogP contribution < -0.4 is 35.3 Å². The number of benzene rings is 2. The minimum absolute atomic E-state index is 0. The van der Waals surface area contributed by atoms with Gasteiger partial charge in [-0.2, -0.15) is 0 Å². The van der Waals surface area contributed by atoms with Crippen molar-refractivity contribution >= 4 is 23.3 Å². The Hall–Kier alpha value is -3.74. The Morgan fingerprint density at radius 2 is 1.19 bits per heavy atom. The second kappa shape index (κ2) is 21.8. The summed E-state index contributed by atoms with van der Waals surface area (Å²) in [5, 5.41) is 15.1. The maximum atomic E-state index is 11.9. The molecule has 1 amide bonds. The number of nitrogen functional groups attached to an aromatic ring is 1. The third kappa shape index (κ3) is 13.9. The molecule has 53 heavy (non-hydrogen) atoms. The number of nitrogens with one attached hydrogen (secondary N) is 2. The van der Waals surface area contributed by atoms with Crippen LogP contribution in [0.1, 0.15) is 124 Å². The van der Waals surface area contributed by atoms with Gasteiger partial charge in [0.2, 0.25) is 13.6 Å². The van der Waals surface area contributed by atoms with E-state index in [2.05, 4.69) is 24.5 Å². The lowest BCUT2D eigenvalue weighted by Crippen LogP contribution is -2.40. The van der Waals surface area contributed by atoms with Crippen LogP contribution >= 0.6 is 0 Å². The summed E-state index contributed by atoms with van der Waals surface area (Å²) in [7, 11) is 0. The molecule has 4 atom stereocenters. The van der Waals surface area contributed by atoms with Crippen LogP contribution in [0.4, 0.5) is 11.4 Å². The summed E-state index contributed by atoms with van der Waals surface area (Å²) in [6, 6.07) is 12.4. The number of nitrogens with two attached hydrogens (primary N) is 1. The smallest absolute Gasteiger partial charge is 0.335 e. The van der Waals surface area contributed by atoms with Crippen molar-refractivity contribution in [3.8, 4) is 23.0 Å². The first-order chi connectivity index (χ1) is 25.3. The molecule has 0 radical (unpaired) electrons. The quantitative estimate of drug-likeness (QED) is 0.129. The Balaban J connectivity index is 0.000000163. The number of rotatable bonds is 11. The number of aliphatic carboxylic acids is 1. The standard InChI is InChI=1S/C14H17NO4.C12H23N.C7H7NO2.C7H12O3.CH4/c1-2-3-4-11-13(19-11)14(16)15-9-5-6-10-12(7-9)18-8-17-10;1-3-7-11(8-4-1)13-12-9-5-2-6-10-12;8-5-1-2-6-7(3-5)10-4-9-6;1-2-3-4-5-6(10-5)7(8)9;/h5-7,11,13H,2-4,8H2,1H3,(H,15,16);11-13H,1-10H2;1-3H,4,8H2;5-6H,2-4H2,1H3,(H,8,9);1H4/t11-,13+;;;5-,6+;/m1..1./s1. The van der Waals surface area contributed by atoms with Gasteiger partial charge in [-0.05, 0) is 62.8 Å². The van der Waals surface area contributed by atoms with E-state index in [0.29, 0.717) is 29.7 Å². The summed E-state index contributed by atoms with van der Waals surface area (Å²) in [5.74, 6) is 1.98. The summed E-state index contributed by atoms with van der Waals surface area (Å²) < 4.78 is 30.9. The van der Waals surface area contributed by atoms with Crippen molar-refractivity contribution < 1.29 is 43.1 Å². The molecule has 2 saturated heterocycles. The van der Waals surface area contributed by atoms with Gasteiger partial charge in [-0.1, -0.05) is 85.5 Å². The maximum Gasteiger partial charge on any atom is 0.335 e. The van der Waals surface area contributed by atoms with Crippen LogP contribution in [0.25, 0.3) is 0 Å². The minimum atomic E-state index is -0.818. The SMILES string of the molecule is C.C1CCC(NC2CCCCC2)CC1.CCCC[C@H]1O[C@@H]1C(=O)Nc1ccc2c(c1)OCO2.CCCC[C@H]1O[C@@H]1C(=O)O.Nc1ccc2c(c1)OCO2. The molecule has 0 unspecified atom stereocenters. The molecule has 6 aliphatic rings. The van der Waals surface area contributed by atoms with E-state index in [-0.39, 0.29) is 38.4 Å². The van der Waals surface area contributed by atoms with Gasteiger partial charge in [-0.15, -0.1) is 0 Å². The van der Waals surface area contributed by atoms with E-state index < -0.39 is 12.1 Å². The number of epoxide rings is 2. The molecule has 4 aliphatic heterocycles. The van der Waals surface area contributed by atoms with E-state index in [0.717, 1.165) is 62.1 Å². The van der Waals surface area contributed by atoms with Crippen molar-refractivity contribution in [1.29, 1.82) is 0 Å². The first-order valence-corrected chi connectivity index (χ1v) is 19.5. The minimum Gasteiger partial charge on any atom is -0.479 e. The summed E-state index contributed by atoms with van der Waals surface area (Å²) in [6.45, 7) is 4.75. The molecule has 2 aliphatic carbocycles. The normalized spacial score (nSPS) is 23.4. The van der Waals surface area contributed by atoms with Crippen molar-refractivity contribution in [1.82, 2.24) is 5.32 Å². The fraction of sp³-hybridized carbons (Fsp3) is 0.659. The Labute approximate surface area is 315 Å². The molecule has 2 saturated carbocycles. The lowest BCUT2D eigenvalue weighted by Gasteiger charge is -2.30. The number of carboxylic acid groups (broad SMARTS) is 1. The van der Waals surface area contributed by atoms with Crippen molar-refractivity contribution in [2.45, 2.75) is 161 Å². The van der Waals surface area contributed by atoms with Crippen molar-refractivity contribution in [3.05, 3.63) is 36.4 Å². The zero-order valence-electron chi connectivity index (χ0n) is 30.9. The van der Waals surface area contributed by atoms with E-state index >= 15 is 0 Å². The van der Waals surface area contributed by atoms with Crippen LogP contribution in [-0.4, -0.2) is 67.1 Å². The molecule has 0 bridgehead atoms. The molecule has 4 fully saturated rings. The molecule has 296 valence electrons. The predicted molar refractivity (Wildman–Crippen MR) is 206 cm³/mol. The van der Waals surface area contributed by atoms with E-state index in [1.54, 1.807) is 36.4 Å². The van der Waals surface area contributed by atoms with Gasteiger partial charge in [-0.25, -0.2) is 4.79 Å². The van der Waals surface area contributed by atoms with Crippen LogP contribution in [-0.2, 0) is 19.1 Å². The molecular formula is C41H63N3O9. The monoisotopic (exact) mass is 741 g/mol. The molecule has 4 heterocycles. The maximum absolute atomic E-state index is 11.9. The van der Waals surface area contributed by atoms with Gasteiger partial charge in [0.15, 0.2) is 35.2 Å². The number of hydrogen-bond acceptors (Lipinski definition) is 10. The summed E-state index contributed by atoms with van der Waals surface area (Å²) in [5.41, 5.74) is 6.90. The number of amides is 1. The van der Waals surface area contributed by atoms with Crippen LogP contribution in [0.2, 0.25) is 0 Å². The van der Waals surface area contributed by atoms with Gasteiger partial charge in [-0.3, -0.25) is 4.79 Å². The van der Waals surface area contributed by atoms with Crippen molar-refractivity contribution in [2.24, 2.45) is 0 Å². The molecule has 12 heteroatoms. The zero-order valence-corrected chi connectivity index (χ0v) is 30.9. The molecular weight excluding hydrogens is 678 g/mol. The molecule has 2 aromatic rings. The number of carbonyl (C=O) groups is 2. The Bertz CT molecular complexity index is 1400. The van der Waals surface area contributed by atoms with Crippen molar-refractivity contribution in [2.75, 3.05) is 24.6 Å². The average molecular weight is 742 g/mol. The van der Waals surface area contributed by atoms with Gasteiger partial charge in [0.25, 0.3) is 5.91 Å². The highest BCUT2D eigenvalue weighted by molar-refractivity contribution is 5.96. The third-order valence-electron chi connectivity index (χ3n) is 10.1. The number of ether oxygens (including phenoxy) is 6. The number of fused-ring (bicyclic) bond motifs is 2. The van der Waals surface area contributed by atoms with Gasteiger partial charge < -0.3 is 49.9 Å². The van der Waals surface area contributed by atoms with E-state index in [1.165, 1.54) is 64.2 Å². The van der Waals surface area contributed by atoms with Gasteiger partial charge in [0.05, 0.1) is 12.2 Å². The van der Waals surface area contributed by atoms with Crippen LogP contribution in [0, 0.1) is 0 Å². The molecule has 0 aromatic heterocycles. The molecule has 8 rings (SSSR count). The lowest BCUT2D eigenvalue weighted by molar-refractivity contribution is -0.138. The molecule has 0 spiro atoms. The lowest BCUT2D eigenvalue weighted by atomic mass is 9.91. The van der Waals surface area contributed by atoms with Gasteiger partial charge in [0, 0.05) is 35.6 Å². The highest BCUT2D eigenvalue weighted by Crippen LogP contribution is 2.36. The highest BCUT2D eigenvalue weighted by Gasteiger charge is 2.45. The predicted octanol–water partition coefficient (Wildman–Crippen LogP) is 8.22. The van der Waals surface area contributed by atoms with Crippen LogP contribution in [0.15, 0.2) is 36.4 Å². The number of hydrogen-bond donors (Lipinski definition) is 4. The topological polar surface area (TPSA) is 166 Å². The fourth-order valence-corrected chi connectivity index (χ4v) is 6.96. The zero-order chi connectivity index (χ0) is 36.7. The first-order valence-electron chi connectivity index (χ1n) is 19.5. The Morgan fingerprint density at radius 1 is 0.698 bits per heavy atom. The second-order valence-electron chi connectivity index (χ2n) is 14.3. The van der Waals surface area contributed by atoms with Gasteiger partial charge >= 0.3 is 5.97 Å². The number of unbranched alkanes of at least 4 members (excludes halogenated alkanes) is 2. The van der Waals surface area contributed by atoms with E-state index in [1.807, 2.05) is 0 Å². The highest BCUT2D eigenvalue weighted by atomic mass is 16.7. The summed E-state index contributed by atoms with van der Waals surface area (Å²) in [6.07, 6.45) is 20.1. The molecule has 2 aromatic carbocycles.